The molecule has 41 heavy (non-hydrogen) atoms. The number of carbonyl (C=O) groups is 2. The van der Waals surface area contributed by atoms with E-state index in [0.29, 0.717) is 23.8 Å². The molecule has 0 saturated carbocycles. The molecule has 2 atom stereocenters. The first-order valence-corrected chi connectivity index (χ1v) is 15.3. The molecular formula is C31H39N3O6S. The molecule has 0 aromatic heterocycles. The van der Waals surface area contributed by atoms with Crippen molar-refractivity contribution in [2.24, 2.45) is 0 Å². The van der Waals surface area contributed by atoms with Gasteiger partial charge >= 0.3 is 0 Å². The molecule has 1 N–H and O–H groups in total. The molecule has 3 aromatic carbocycles. The van der Waals surface area contributed by atoms with Gasteiger partial charge in [0, 0.05) is 12.6 Å². The Bertz CT molecular complexity index is 1380. The maximum absolute atomic E-state index is 13.7. The van der Waals surface area contributed by atoms with E-state index in [0.717, 1.165) is 28.1 Å². The summed E-state index contributed by atoms with van der Waals surface area (Å²) < 4.78 is 37.7. The summed E-state index contributed by atoms with van der Waals surface area (Å²) in [7, 11) is -2.27. The fraction of sp³-hybridized carbons (Fsp3) is 0.355. The minimum absolute atomic E-state index is 0.0713. The van der Waals surface area contributed by atoms with Crippen LogP contribution >= 0.6 is 0 Å². The van der Waals surface area contributed by atoms with Crippen molar-refractivity contribution in [2.45, 2.75) is 52.4 Å². The number of rotatable bonds is 14. The van der Waals surface area contributed by atoms with Crippen molar-refractivity contribution in [2.75, 3.05) is 24.2 Å². The Labute approximate surface area is 243 Å². The maximum atomic E-state index is 13.7. The first-order valence-electron chi connectivity index (χ1n) is 13.5. The summed E-state index contributed by atoms with van der Waals surface area (Å²) in [6, 6.07) is 22.5. The first-order chi connectivity index (χ1) is 19.5. The number of hydrogen-bond acceptors (Lipinski definition) is 6. The van der Waals surface area contributed by atoms with Crippen LogP contribution < -0.4 is 19.1 Å². The van der Waals surface area contributed by atoms with E-state index in [1.807, 2.05) is 44.2 Å². The van der Waals surface area contributed by atoms with Gasteiger partial charge < -0.3 is 19.7 Å². The van der Waals surface area contributed by atoms with Crippen molar-refractivity contribution in [3.05, 3.63) is 90.0 Å². The molecule has 0 fully saturated rings. The summed E-state index contributed by atoms with van der Waals surface area (Å²) in [5.41, 5.74) is 2.09. The largest absolute Gasteiger partial charge is 0.497 e. The number of ether oxygens (including phenoxy) is 2. The Morgan fingerprint density at radius 2 is 1.49 bits per heavy atom. The van der Waals surface area contributed by atoms with Gasteiger partial charge in [0.1, 0.15) is 30.7 Å². The molecule has 0 bridgehead atoms. The SMILES string of the molecule is CCC(C)NC(=O)C(C)N(Cc1ccc(OC)cc1)C(=O)CN(c1ccc(OCc2ccccc2)cc1)S(C)(=O)=O. The molecule has 0 radical (unpaired) electrons. The highest BCUT2D eigenvalue weighted by Crippen LogP contribution is 2.23. The van der Waals surface area contributed by atoms with Crippen molar-refractivity contribution in [1.82, 2.24) is 10.2 Å². The highest BCUT2D eigenvalue weighted by Gasteiger charge is 2.30. The summed E-state index contributed by atoms with van der Waals surface area (Å²) in [5.74, 6) is 0.400. The molecule has 2 amide bonds. The Balaban J connectivity index is 1.82. The minimum atomic E-state index is -3.84. The topological polar surface area (TPSA) is 105 Å². The lowest BCUT2D eigenvalue weighted by Crippen LogP contribution is -2.52. The molecule has 9 nitrogen and oxygen atoms in total. The Morgan fingerprint density at radius 1 is 0.878 bits per heavy atom. The van der Waals surface area contributed by atoms with Crippen molar-refractivity contribution in [3.8, 4) is 11.5 Å². The number of anilines is 1. The van der Waals surface area contributed by atoms with Crippen molar-refractivity contribution in [3.63, 3.8) is 0 Å². The average Bonchev–Trinajstić information content (AvgIpc) is 2.97. The first kappa shape index (κ1) is 31.5. The van der Waals surface area contributed by atoms with E-state index in [9.17, 15) is 18.0 Å². The molecule has 0 aliphatic heterocycles. The van der Waals surface area contributed by atoms with Crippen LogP contribution in [0.2, 0.25) is 0 Å². The van der Waals surface area contributed by atoms with Crippen molar-refractivity contribution < 1.29 is 27.5 Å². The van der Waals surface area contributed by atoms with Gasteiger partial charge in [-0.2, -0.15) is 0 Å². The van der Waals surface area contributed by atoms with E-state index >= 15 is 0 Å². The number of hydrogen-bond donors (Lipinski definition) is 1. The molecule has 0 aliphatic rings. The van der Waals surface area contributed by atoms with Gasteiger partial charge in [0.25, 0.3) is 0 Å². The molecule has 2 unspecified atom stereocenters. The molecule has 3 aromatic rings. The van der Waals surface area contributed by atoms with Crippen LogP contribution in [0.5, 0.6) is 11.5 Å². The van der Waals surface area contributed by atoms with Gasteiger partial charge in [-0.3, -0.25) is 13.9 Å². The van der Waals surface area contributed by atoms with Crippen LogP contribution in [0.4, 0.5) is 5.69 Å². The quantitative estimate of drug-likeness (QED) is 0.303. The van der Waals surface area contributed by atoms with E-state index < -0.39 is 28.5 Å². The van der Waals surface area contributed by atoms with Crippen LogP contribution in [-0.2, 0) is 32.8 Å². The van der Waals surface area contributed by atoms with Crippen LogP contribution in [0.1, 0.15) is 38.3 Å². The zero-order valence-electron chi connectivity index (χ0n) is 24.2. The van der Waals surface area contributed by atoms with Crippen LogP contribution in [0.25, 0.3) is 0 Å². The van der Waals surface area contributed by atoms with Gasteiger partial charge in [-0.25, -0.2) is 8.42 Å². The van der Waals surface area contributed by atoms with Crippen LogP contribution in [0.15, 0.2) is 78.9 Å². The van der Waals surface area contributed by atoms with Gasteiger partial charge in [0.05, 0.1) is 19.1 Å². The van der Waals surface area contributed by atoms with Gasteiger partial charge in [-0.15, -0.1) is 0 Å². The van der Waals surface area contributed by atoms with E-state index in [-0.39, 0.29) is 18.5 Å². The molecule has 0 aliphatic carbocycles. The molecule has 0 saturated heterocycles. The highest BCUT2D eigenvalue weighted by atomic mass is 32.2. The smallest absolute Gasteiger partial charge is 0.244 e. The molecule has 3 rings (SSSR count). The standard InChI is InChI=1S/C31H39N3O6S/c1-6-23(2)32-31(36)24(3)33(20-25-12-16-28(39-4)17-13-25)30(35)21-34(41(5,37)38)27-14-18-29(19-15-27)40-22-26-10-8-7-9-11-26/h7-19,23-24H,6,20-22H2,1-5H3,(H,32,36). The molecule has 220 valence electrons. The predicted molar refractivity (Wildman–Crippen MR) is 160 cm³/mol. The summed E-state index contributed by atoms with van der Waals surface area (Å²) in [6.45, 7) is 5.49. The number of nitrogens with zero attached hydrogens (tertiary/aromatic N) is 2. The second kappa shape index (κ2) is 14.5. The molecular weight excluding hydrogens is 542 g/mol. The van der Waals surface area contributed by atoms with E-state index in [1.54, 1.807) is 62.6 Å². The van der Waals surface area contributed by atoms with E-state index in [4.69, 9.17) is 9.47 Å². The monoisotopic (exact) mass is 581 g/mol. The zero-order valence-corrected chi connectivity index (χ0v) is 25.1. The summed E-state index contributed by atoms with van der Waals surface area (Å²) >= 11 is 0. The Morgan fingerprint density at radius 3 is 2.05 bits per heavy atom. The van der Waals surface area contributed by atoms with Gasteiger partial charge in [0.2, 0.25) is 21.8 Å². The lowest BCUT2D eigenvalue weighted by molar-refractivity contribution is -0.139. The number of benzene rings is 3. The number of nitrogens with one attached hydrogen (secondary N) is 1. The third-order valence-electron chi connectivity index (χ3n) is 6.73. The van der Waals surface area contributed by atoms with E-state index in [1.165, 1.54) is 4.90 Å². The normalized spacial score (nSPS) is 12.6. The minimum Gasteiger partial charge on any atom is -0.497 e. The Kier molecular flexibility index (Phi) is 11.2. The van der Waals surface area contributed by atoms with E-state index in [2.05, 4.69) is 5.32 Å². The van der Waals surface area contributed by atoms with Gasteiger partial charge in [-0.05, 0) is 67.8 Å². The van der Waals surface area contributed by atoms with Crippen molar-refractivity contribution >= 4 is 27.5 Å². The average molecular weight is 582 g/mol. The maximum Gasteiger partial charge on any atom is 0.244 e. The number of carbonyl (C=O) groups excluding carboxylic acids is 2. The summed E-state index contributed by atoms with van der Waals surface area (Å²) in [6.07, 6.45) is 1.78. The second-order valence-electron chi connectivity index (χ2n) is 9.90. The summed E-state index contributed by atoms with van der Waals surface area (Å²) in [4.78, 5) is 28.1. The lowest BCUT2D eigenvalue weighted by atomic mass is 10.1. The van der Waals surface area contributed by atoms with Crippen LogP contribution in [0.3, 0.4) is 0 Å². The van der Waals surface area contributed by atoms with Crippen molar-refractivity contribution in [1.29, 1.82) is 0 Å². The lowest BCUT2D eigenvalue weighted by Gasteiger charge is -2.32. The number of methoxy groups -OCH3 is 1. The van der Waals surface area contributed by atoms with Crippen LogP contribution in [0, 0.1) is 0 Å². The zero-order chi connectivity index (χ0) is 30.0. The third-order valence-corrected chi connectivity index (χ3v) is 7.87. The van der Waals surface area contributed by atoms with Gasteiger partial charge in [-0.1, -0.05) is 49.4 Å². The Hall–Kier alpha value is -4.05. The molecule has 0 heterocycles. The van der Waals surface area contributed by atoms with Crippen LogP contribution in [-0.4, -0.2) is 57.1 Å². The second-order valence-corrected chi connectivity index (χ2v) is 11.8. The van der Waals surface area contributed by atoms with Gasteiger partial charge in [0.15, 0.2) is 0 Å². The molecule has 10 heteroatoms. The molecule has 0 spiro atoms. The fourth-order valence-corrected chi connectivity index (χ4v) is 4.89. The fourth-order valence-electron chi connectivity index (χ4n) is 4.04. The third kappa shape index (κ3) is 9.24. The number of amides is 2. The number of sulfonamides is 1. The highest BCUT2D eigenvalue weighted by molar-refractivity contribution is 7.92. The predicted octanol–water partition coefficient (Wildman–Crippen LogP) is 4.37. The summed E-state index contributed by atoms with van der Waals surface area (Å²) in [5, 5.41) is 2.92.